The summed E-state index contributed by atoms with van der Waals surface area (Å²) in [6, 6.07) is 0. The minimum absolute atomic E-state index is 0.223. The van der Waals surface area contributed by atoms with Gasteiger partial charge in [0.15, 0.2) is 0 Å². The molecule has 0 aromatic heterocycles. The van der Waals surface area contributed by atoms with Crippen molar-refractivity contribution in [1.29, 1.82) is 0 Å². The van der Waals surface area contributed by atoms with Gasteiger partial charge >= 0.3 is 5.97 Å². The van der Waals surface area contributed by atoms with Crippen molar-refractivity contribution in [3.05, 3.63) is 0 Å². The summed E-state index contributed by atoms with van der Waals surface area (Å²) in [4.78, 5) is 10.8. The monoisotopic (exact) mass is 203 g/mol. The molecule has 0 aromatic rings. The van der Waals surface area contributed by atoms with E-state index in [1.807, 2.05) is 0 Å². The molecule has 0 amide bonds. The second-order valence-electron chi connectivity index (χ2n) is 3.71. The van der Waals surface area contributed by atoms with E-state index < -0.39 is 6.67 Å². The third kappa shape index (κ3) is 3.62. The highest BCUT2D eigenvalue weighted by Crippen LogP contribution is 2.21. The Labute approximate surface area is 84.0 Å². The number of carbonyl (C=O) groups is 1. The molecule has 3 nitrogen and oxygen atoms in total. The van der Waals surface area contributed by atoms with Gasteiger partial charge in [0.1, 0.15) is 6.10 Å². The number of rotatable bonds is 4. The molecule has 1 N–H and O–H groups in total. The van der Waals surface area contributed by atoms with Gasteiger partial charge in [0.05, 0.1) is 6.67 Å². The van der Waals surface area contributed by atoms with Crippen molar-refractivity contribution in [3.8, 4) is 0 Å². The molecule has 1 aliphatic rings. The van der Waals surface area contributed by atoms with E-state index in [0.717, 1.165) is 25.9 Å². The number of esters is 1. The first kappa shape index (κ1) is 11.4. The fourth-order valence-corrected chi connectivity index (χ4v) is 1.93. The van der Waals surface area contributed by atoms with Crippen LogP contribution >= 0.6 is 0 Å². The van der Waals surface area contributed by atoms with Crippen LogP contribution in [-0.4, -0.2) is 31.8 Å². The fourth-order valence-electron chi connectivity index (χ4n) is 1.93. The first-order chi connectivity index (χ1) is 6.74. The second kappa shape index (κ2) is 5.96. The number of halogens is 1. The van der Waals surface area contributed by atoms with Gasteiger partial charge in [-0.3, -0.25) is 9.18 Å². The SMILES string of the molecule is CC(=O)OC(CCF)C1CCNCC1. The van der Waals surface area contributed by atoms with Gasteiger partial charge in [-0.15, -0.1) is 0 Å². The fraction of sp³-hybridized carbons (Fsp3) is 0.900. The zero-order chi connectivity index (χ0) is 10.4. The zero-order valence-corrected chi connectivity index (χ0v) is 8.59. The van der Waals surface area contributed by atoms with Crippen LogP contribution in [0.4, 0.5) is 4.39 Å². The molecular formula is C10H18FNO2. The first-order valence-electron chi connectivity index (χ1n) is 5.18. The number of hydrogen-bond donors (Lipinski definition) is 1. The Hall–Kier alpha value is -0.640. The molecule has 1 aliphatic heterocycles. The van der Waals surface area contributed by atoms with Crippen molar-refractivity contribution < 1.29 is 13.9 Å². The lowest BCUT2D eigenvalue weighted by Crippen LogP contribution is -2.36. The average molecular weight is 203 g/mol. The van der Waals surface area contributed by atoms with Crippen molar-refractivity contribution in [3.63, 3.8) is 0 Å². The van der Waals surface area contributed by atoms with Crippen LogP contribution in [-0.2, 0) is 9.53 Å². The van der Waals surface area contributed by atoms with Crippen LogP contribution in [0, 0.1) is 5.92 Å². The van der Waals surface area contributed by atoms with Crippen molar-refractivity contribution in [2.75, 3.05) is 19.8 Å². The van der Waals surface area contributed by atoms with E-state index >= 15 is 0 Å². The van der Waals surface area contributed by atoms with Crippen LogP contribution in [0.5, 0.6) is 0 Å². The van der Waals surface area contributed by atoms with Crippen LogP contribution in [0.1, 0.15) is 26.2 Å². The average Bonchev–Trinajstić information content (AvgIpc) is 2.18. The van der Waals surface area contributed by atoms with Gasteiger partial charge in [-0.05, 0) is 31.8 Å². The Morgan fingerprint density at radius 2 is 2.21 bits per heavy atom. The number of nitrogens with one attached hydrogen (secondary N) is 1. The van der Waals surface area contributed by atoms with Crippen molar-refractivity contribution in [1.82, 2.24) is 5.32 Å². The van der Waals surface area contributed by atoms with Crippen molar-refractivity contribution in [2.24, 2.45) is 5.92 Å². The molecule has 0 aromatic carbocycles. The molecule has 0 spiro atoms. The Morgan fingerprint density at radius 3 is 2.71 bits per heavy atom. The standard InChI is InChI=1S/C10H18FNO2/c1-8(13)14-10(2-5-11)9-3-6-12-7-4-9/h9-10,12H,2-7H2,1H3. The van der Waals surface area contributed by atoms with Gasteiger partial charge in [-0.2, -0.15) is 0 Å². The zero-order valence-electron chi connectivity index (χ0n) is 8.59. The molecule has 82 valence electrons. The maximum Gasteiger partial charge on any atom is 0.302 e. The predicted molar refractivity (Wildman–Crippen MR) is 51.7 cm³/mol. The Balaban J connectivity index is 2.42. The van der Waals surface area contributed by atoms with Gasteiger partial charge in [0, 0.05) is 13.3 Å². The summed E-state index contributed by atoms with van der Waals surface area (Å²) in [7, 11) is 0. The molecule has 4 heteroatoms. The normalized spacial score (nSPS) is 20.4. The van der Waals surface area contributed by atoms with Crippen LogP contribution in [0.15, 0.2) is 0 Å². The molecule has 1 fully saturated rings. The molecule has 0 saturated carbocycles. The van der Waals surface area contributed by atoms with E-state index in [0.29, 0.717) is 12.3 Å². The molecular weight excluding hydrogens is 185 g/mol. The van der Waals surface area contributed by atoms with Crippen molar-refractivity contribution in [2.45, 2.75) is 32.3 Å². The highest BCUT2D eigenvalue weighted by molar-refractivity contribution is 5.66. The largest absolute Gasteiger partial charge is 0.462 e. The Kier molecular flexibility index (Phi) is 4.87. The Bertz CT molecular complexity index is 181. The summed E-state index contributed by atoms with van der Waals surface area (Å²) in [5.74, 6) is 0.0258. The molecule has 1 unspecified atom stereocenters. The Morgan fingerprint density at radius 1 is 1.57 bits per heavy atom. The number of ether oxygens (including phenoxy) is 1. The topological polar surface area (TPSA) is 38.3 Å². The van der Waals surface area contributed by atoms with Gasteiger partial charge in [-0.25, -0.2) is 0 Å². The van der Waals surface area contributed by atoms with E-state index in [9.17, 15) is 9.18 Å². The lowest BCUT2D eigenvalue weighted by atomic mass is 9.90. The lowest BCUT2D eigenvalue weighted by Gasteiger charge is -2.29. The summed E-state index contributed by atoms with van der Waals surface area (Å²) < 4.78 is 17.4. The lowest BCUT2D eigenvalue weighted by molar-refractivity contribution is -0.150. The minimum Gasteiger partial charge on any atom is -0.462 e. The summed E-state index contributed by atoms with van der Waals surface area (Å²) in [5.41, 5.74) is 0. The molecule has 1 atom stereocenters. The number of piperidine rings is 1. The second-order valence-corrected chi connectivity index (χ2v) is 3.71. The van der Waals surface area contributed by atoms with E-state index in [1.165, 1.54) is 6.92 Å². The molecule has 1 rings (SSSR count). The predicted octanol–water partition coefficient (Wildman–Crippen LogP) is 1.28. The molecule has 1 saturated heterocycles. The maximum absolute atomic E-state index is 12.2. The third-order valence-corrected chi connectivity index (χ3v) is 2.62. The van der Waals surface area contributed by atoms with Crippen molar-refractivity contribution >= 4 is 5.97 Å². The molecule has 14 heavy (non-hydrogen) atoms. The summed E-state index contributed by atoms with van der Waals surface area (Å²) >= 11 is 0. The summed E-state index contributed by atoms with van der Waals surface area (Å²) in [6.45, 7) is 2.84. The van der Waals surface area contributed by atoms with Gasteiger partial charge in [0.25, 0.3) is 0 Å². The van der Waals surface area contributed by atoms with Crippen LogP contribution in [0.2, 0.25) is 0 Å². The molecule has 0 bridgehead atoms. The number of carbonyl (C=O) groups excluding carboxylic acids is 1. The van der Waals surface area contributed by atoms with Gasteiger partial charge < -0.3 is 10.1 Å². The molecule has 0 aliphatic carbocycles. The smallest absolute Gasteiger partial charge is 0.302 e. The van der Waals surface area contributed by atoms with Gasteiger partial charge in [-0.1, -0.05) is 0 Å². The highest BCUT2D eigenvalue weighted by atomic mass is 19.1. The van der Waals surface area contributed by atoms with Gasteiger partial charge in [0.2, 0.25) is 0 Å². The maximum atomic E-state index is 12.2. The number of hydrogen-bond acceptors (Lipinski definition) is 3. The van der Waals surface area contributed by atoms with E-state index in [-0.39, 0.29) is 12.1 Å². The van der Waals surface area contributed by atoms with Crippen LogP contribution < -0.4 is 5.32 Å². The molecule has 0 radical (unpaired) electrons. The summed E-state index contributed by atoms with van der Waals surface area (Å²) in [5, 5.41) is 3.23. The van der Waals surface area contributed by atoms with Crippen LogP contribution in [0.3, 0.4) is 0 Å². The van der Waals surface area contributed by atoms with E-state index in [2.05, 4.69) is 5.32 Å². The minimum atomic E-state index is -0.415. The first-order valence-corrected chi connectivity index (χ1v) is 5.18. The van der Waals surface area contributed by atoms with E-state index in [4.69, 9.17) is 4.74 Å². The highest BCUT2D eigenvalue weighted by Gasteiger charge is 2.25. The number of alkyl halides is 1. The van der Waals surface area contributed by atoms with E-state index in [1.54, 1.807) is 0 Å². The van der Waals surface area contributed by atoms with Crippen LogP contribution in [0.25, 0.3) is 0 Å². The quantitative estimate of drug-likeness (QED) is 0.699. The summed E-state index contributed by atoms with van der Waals surface area (Å²) in [6.07, 6.45) is 2.06. The molecule has 1 heterocycles. The third-order valence-electron chi connectivity index (χ3n) is 2.62.